The van der Waals surface area contributed by atoms with Crippen LogP contribution in [0.15, 0.2) is 0 Å². The second-order valence-electron chi connectivity index (χ2n) is 3.32. The highest BCUT2D eigenvalue weighted by Gasteiger charge is 2.50. The lowest BCUT2D eigenvalue weighted by molar-refractivity contribution is -0.158. The Labute approximate surface area is 77.6 Å². The summed E-state index contributed by atoms with van der Waals surface area (Å²) >= 11 is 0. The number of nitrogens with one attached hydrogen (secondary N) is 1. The van der Waals surface area contributed by atoms with Crippen LogP contribution in [-0.4, -0.2) is 31.3 Å². The Bertz CT molecular complexity index is 198. The molecule has 3 nitrogen and oxygen atoms in total. The van der Waals surface area contributed by atoms with Crippen LogP contribution in [-0.2, 0) is 9.53 Å². The number of halogens is 1. The summed E-state index contributed by atoms with van der Waals surface area (Å²) < 4.78 is 18.7. The Balaban J connectivity index is 2.67. The molecule has 2 unspecified atom stereocenters. The van der Waals surface area contributed by atoms with E-state index in [1.165, 1.54) is 0 Å². The Morgan fingerprint density at radius 3 is 2.92 bits per heavy atom. The van der Waals surface area contributed by atoms with Crippen LogP contribution in [0.1, 0.15) is 20.3 Å². The van der Waals surface area contributed by atoms with E-state index in [9.17, 15) is 9.18 Å². The fourth-order valence-corrected chi connectivity index (χ4v) is 1.69. The third-order valence-corrected chi connectivity index (χ3v) is 2.53. The van der Waals surface area contributed by atoms with Gasteiger partial charge in [-0.1, -0.05) is 6.92 Å². The molecule has 1 aliphatic rings. The van der Waals surface area contributed by atoms with Gasteiger partial charge in [0.05, 0.1) is 6.61 Å². The molecule has 4 heteroatoms. The number of hydrogen-bond donors (Lipinski definition) is 1. The molecule has 1 saturated heterocycles. The van der Waals surface area contributed by atoms with Gasteiger partial charge in [-0.2, -0.15) is 0 Å². The van der Waals surface area contributed by atoms with Crippen LogP contribution >= 0.6 is 0 Å². The summed E-state index contributed by atoms with van der Waals surface area (Å²) in [4.78, 5) is 11.3. The molecule has 2 atom stereocenters. The molecule has 1 rings (SSSR count). The van der Waals surface area contributed by atoms with Crippen molar-refractivity contribution >= 4 is 5.97 Å². The second kappa shape index (κ2) is 4.05. The molecule has 13 heavy (non-hydrogen) atoms. The number of hydrogen-bond acceptors (Lipinski definition) is 3. The lowest BCUT2D eigenvalue weighted by Crippen LogP contribution is -2.42. The van der Waals surface area contributed by atoms with Gasteiger partial charge in [-0.15, -0.1) is 0 Å². The van der Waals surface area contributed by atoms with Crippen molar-refractivity contribution < 1.29 is 13.9 Å². The summed E-state index contributed by atoms with van der Waals surface area (Å²) in [5.74, 6) is -0.960. The summed E-state index contributed by atoms with van der Waals surface area (Å²) in [6, 6.07) is 0. The lowest BCUT2D eigenvalue weighted by atomic mass is 9.90. The summed E-state index contributed by atoms with van der Waals surface area (Å²) in [6.07, 6.45) is 0.655. The third kappa shape index (κ3) is 1.82. The van der Waals surface area contributed by atoms with Crippen molar-refractivity contribution in [2.75, 3.05) is 19.7 Å². The molecule has 1 fully saturated rings. The molecule has 0 aromatic carbocycles. The van der Waals surface area contributed by atoms with E-state index < -0.39 is 11.6 Å². The second-order valence-corrected chi connectivity index (χ2v) is 3.32. The molecule has 0 aromatic rings. The lowest BCUT2D eigenvalue weighted by Gasteiger charge is -2.22. The Kier molecular flexibility index (Phi) is 3.25. The first kappa shape index (κ1) is 10.4. The third-order valence-electron chi connectivity index (χ3n) is 2.53. The maximum absolute atomic E-state index is 14.0. The highest BCUT2D eigenvalue weighted by atomic mass is 19.1. The van der Waals surface area contributed by atoms with Gasteiger partial charge >= 0.3 is 5.97 Å². The Morgan fingerprint density at radius 2 is 2.38 bits per heavy atom. The molecule has 1 aliphatic heterocycles. The zero-order valence-electron chi connectivity index (χ0n) is 8.10. The normalized spacial score (nSPS) is 33.3. The van der Waals surface area contributed by atoms with E-state index in [0.29, 0.717) is 13.0 Å². The monoisotopic (exact) mass is 189 g/mol. The molecule has 1 N–H and O–H groups in total. The highest BCUT2D eigenvalue weighted by molar-refractivity contribution is 5.80. The Hall–Kier alpha value is -0.640. The van der Waals surface area contributed by atoms with Crippen molar-refractivity contribution in [3.8, 4) is 0 Å². The first-order valence-corrected chi connectivity index (χ1v) is 4.72. The van der Waals surface area contributed by atoms with Crippen molar-refractivity contribution in [2.45, 2.75) is 25.9 Å². The number of rotatable bonds is 3. The molecular weight excluding hydrogens is 173 g/mol. The highest BCUT2D eigenvalue weighted by Crippen LogP contribution is 2.30. The topological polar surface area (TPSA) is 38.3 Å². The van der Waals surface area contributed by atoms with Crippen LogP contribution in [0.2, 0.25) is 0 Å². The molecule has 76 valence electrons. The number of ether oxygens (including phenoxy) is 1. The van der Waals surface area contributed by atoms with Crippen molar-refractivity contribution in [3.05, 3.63) is 0 Å². The molecule has 1 heterocycles. The van der Waals surface area contributed by atoms with E-state index in [1.807, 2.05) is 6.92 Å². The molecule has 0 bridgehead atoms. The van der Waals surface area contributed by atoms with Gasteiger partial charge in [0.15, 0.2) is 0 Å². The number of esters is 1. The van der Waals surface area contributed by atoms with Gasteiger partial charge in [0.25, 0.3) is 0 Å². The Morgan fingerprint density at radius 1 is 1.69 bits per heavy atom. The van der Waals surface area contributed by atoms with Crippen LogP contribution in [0.5, 0.6) is 0 Å². The van der Waals surface area contributed by atoms with Crippen LogP contribution in [0.3, 0.4) is 0 Å². The van der Waals surface area contributed by atoms with E-state index in [0.717, 1.165) is 0 Å². The average Bonchev–Trinajstić information content (AvgIpc) is 2.48. The van der Waals surface area contributed by atoms with Crippen LogP contribution in [0.25, 0.3) is 0 Å². The van der Waals surface area contributed by atoms with E-state index in [2.05, 4.69) is 5.32 Å². The van der Waals surface area contributed by atoms with Crippen molar-refractivity contribution in [1.29, 1.82) is 0 Å². The van der Waals surface area contributed by atoms with Gasteiger partial charge in [-0.25, -0.2) is 9.18 Å². The summed E-state index contributed by atoms with van der Waals surface area (Å²) in [5, 5.41) is 2.88. The van der Waals surface area contributed by atoms with E-state index in [-0.39, 0.29) is 19.1 Å². The molecule has 0 aliphatic carbocycles. The van der Waals surface area contributed by atoms with Crippen molar-refractivity contribution in [3.63, 3.8) is 0 Å². The molecular formula is C9H16FNO2. The number of carbonyl (C=O) groups is 1. The van der Waals surface area contributed by atoms with Crippen molar-refractivity contribution in [1.82, 2.24) is 5.32 Å². The smallest absolute Gasteiger partial charge is 0.345 e. The minimum Gasteiger partial charge on any atom is -0.464 e. The fraction of sp³-hybridized carbons (Fsp3) is 0.889. The van der Waals surface area contributed by atoms with E-state index in [4.69, 9.17) is 4.74 Å². The van der Waals surface area contributed by atoms with Gasteiger partial charge < -0.3 is 10.1 Å². The van der Waals surface area contributed by atoms with E-state index in [1.54, 1.807) is 6.92 Å². The first-order valence-electron chi connectivity index (χ1n) is 4.72. The van der Waals surface area contributed by atoms with Crippen molar-refractivity contribution in [2.24, 2.45) is 5.92 Å². The maximum Gasteiger partial charge on any atom is 0.345 e. The fourth-order valence-electron chi connectivity index (χ4n) is 1.69. The quantitative estimate of drug-likeness (QED) is 0.670. The number of alkyl halides is 1. The van der Waals surface area contributed by atoms with Crippen LogP contribution in [0.4, 0.5) is 4.39 Å². The molecule has 0 saturated carbocycles. The summed E-state index contributed by atoms with van der Waals surface area (Å²) in [7, 11) is 0. The van der Waals surface area contributed by atoms with E-state index >= 15 is 0 Å². The first-order chi connectivity index (χ1) is 6.15. The standard InChI is InChI=1S/C9H16FNO2/c1-3-7-5-11-6-9(7,10)8(12)13-4-2/h7,11H,3-6H2,1-2H3. The summed E-state index contributed by atoms with van der Waals surface area (Å²) in [5.41, 5.74) is -1.80. The predicted molar refractivity (Wildman–Crippen MR) is 47.1 cm³/mol. The SMILES string of the molecule is CCOC(=O)C1(F)CNCC1CC. The zero-order valence-corrected chi connectivity index (χ0v) is 8.10. The van der Waals surface area contributed by atoms with Crippen LogP contribution < -0.4 is 5.32 Å². The minimum absolute atomic E-state index is 0.0876. The largest absolute Gasteiger partial charge is 0.464 e. The average molecular weight is 189 g/mol. The molecule has 0 aromatic heterocycles. The van der Waals surface area contributed by atoms with Gasteiger partial charge in [0, 0.05) is 19.0 Å². The molecule has 0 radical (unpaired) electrons. The maximum atomic E-state index is 14.0. The van der Waals surface area contributed by atoms with Gasteiger partial charge in [0.1, 0.15) is 0 Å². The minimum atomic E-state index is -1.80. The molecule has 0 spiro atoms. The van der Waals surface area contributed by atoms with Gasteiger partial charge in [0.2, 0.25) is 5.67 Å². The summed E-state index contributed by atoms with van der Waals surface area (Å²) in [6.45, 7) is 4.45. The molecule has 0 amide bonds. The number of carbonyl (C=O) groups excluding carboxylic acids is 1. The van der Waals surface area contributed by atoms with Crippen LogP contribution in [0, 0.1) is 5.92 Å². The van der Waals surface area contributed by atoms with Gasteiger partial charge in [-0.05, 0) is 13.3 Å². The predicted octanol–water partition coefficient (Wildman–Crippen LogP) is 0.887. The zero-order chi connectivity index (χ0) is 9.90. The van der Waals surface area contributed by atoms with Gasteiger partial charge in [-0.3, -0.25) is 0 Å².